The highest BCUT2D eigenvalue weighted by molar-refractivity contribution is 7.92. The third kappa shape index (κ3) is 4.02. The summed E-state index contributed by atoms with van der Waals surface area (Å²) in [7, 11) is -3.89. The van der Waals surface area contributed by atoms with Gasteiger partial charge in [-0.2, -0.15) is 0 Å². The van der Waals surface area contributed by atoms with Crippen molar-refractivity contribution in [1.82, 2.24) is 0 Å². The van der Waals surface area contributed by atoms with Crippen LogP contribution in [-0.4, -0.2) is 8.42 Å². The Morgan fingerprint density at radius 3 is 2.57 bits per heavy atom. The molecule has 1 unspecified atom stereocenters. The highest BCUT2D eigenvalue weighted by Crippen LogP contribution is 2.46. The second-order valence-corrected chi connectivity index (χ2v) is 10.2. The van der Waals surface area contributed by atoms with Crippen LogP contribution in [0.25, 0.3) is 0 Å². The van der Waals surface area contributed by atoms with Gasteiger partial charge < -0.3 is 5.32 Å². The summed E-state index contributed by atoms with van der Waals surface area (Å²) in [5.41, 5.74) is 3.32. The van der Waals surface area contributed by atoms with Crippen LogP contribution in [0.2, 0.25) is 5.02 Å². The predicted octanol–water partition coefficient (Wildman–Crippen LogP) is 6.11. The molecule has 156 valence electrons. The zero-order chi connectivity index (χ0) is 21.5. The van der Waals surface area contributed by atoms with Crippen LogP contribution in [0, 0.1) is 5.82 Å². The summed E-state index contributed by atoms with van der Waals surface area (Å²) >= 11 is 6.44. The highest BCUT2D eigenvalue weighted by atomic mass is 35.5. The molecule has 4 nitrogen and oxygen atoms in total. The van der Waals surface area contributed by atoms with Crippen LogP contribution in [0.1, 0.15) is 37.4 Å². The molecule has 1 aliphatic rings. The van der Waals surface area contributed by atoms with Crippen molar-refractivity contribution in [3.63, 3.8) is 0 Å². The fourth-order valence-corrected chi connectivity index (χ4v) is 5.26. The molecule has 3 aromatic carbocycles. The van der Waals surface area contributed by atoms with Gasteiger partial charge >= 0.3 is 0 Å². The van der Waals surface area contributed by atoms with E-state index in [-0.39, 0.29) is 16.4 Å². The van der Waals surface area contributed by atoms with Crippen LogP contribution in [0.3, 0.4) is 0 Å². The molecule has 1 atom stereocenters. The average molecular weight is 445 g/mol. The van der Waals surface area contributed by atoms with Gasteiger partial charge in [0.2, 0.25) is 0 Å². The minimum absolute atomic E-state index is 0.0361. The maximum absolute atomic E-state index is 13.5. The summed E-state index contributed by atoms with van der Waals surface area (Å²) in [5.74, 6) is -0.601. The Kier molecular flexibility index (Phi) is 5.24. The van der Waals surface area contributed by atoms with Crippen LogP contribution in [0.5, 0.6) is 0 Å². The van der Waals surface area contributed by atoms with Crippen LogP contribution in [0.15, 0.2) is 71.6 Å². The Morgan fingerprint density at radius 1 is 1.07 bits per heavy atom. The maximum Gasteiger partial charge on any atom is 0.261 e. The van der Waals surface area contributed by atoms with Crippen molar-refractivity contribution in [2.75, 3.05) is 10.0 Å². The number of hydrogen-bond acceptors (Lipinski definition) is 3. The van der Waals surface area contributed by atoms with E-state index in [1.807, 2.05) is 18.2 Å². The lowest BCUT2D eigenvalue weighted by Gasteiger charge is -2.39. The molecular formula is C23H22ClFN2O2S. The number of fused-ring (bicyclic) bond motifs is 1. The number of rotatable bonds is 4. The number of nitrogens with one attached hydrogen (secondary N) is 2. The van der Waals surface area contributed by atoms with Crippen LogP contribution < -0.4 is 10.0 Å². The molecule has 0 saturated carbocycles. The molecule has 0 saturated heterocycles. The molecule has 7 heteroatoms. The fourth-order valence-electron chi connectivity index (χ4n) is 3.95. The molecule has 0 aliphatic carbocycles. The largest absolute Gasteiger partial charge is 0.377 e. The van der Waals surface area contributed by atoms with E-state index in [0.717, 1.165) is 29.3 Å². The molecule has 0 fully saturated rings. The molecular weight excluding hydrogens is 423 g/mol. The maximum atomic E-state index is 13.5. The summed E-state index contributed by atoms with van der Waals surface area (Å²) in [5, 5.41) is 4.17. The number of anilines is 2. The average Bonchev–Trinajstić information content (AvgIpc) is 2.68. The summed E-state index contributed by atoms with van der Waals surface area (Å²) < 4.78 is 41.3. The summed E-state index contributed by atoms with van der Waals surface area (Å²) in [6, 6.07) is 18.0. The molecule has 0 spiro atoms. The molecule has 0 radical (unpaired) electrons. The molecule has 0 aromatic heterocycles. The quantitative estimate of drug-likeness (QED) is 0.510. The third-order valence-corrected chi connectivity index (χ3v) is 7.12. The zero-order valence-electron chi connectivity index (χ0n) is 16.6. The smallest absolute Gasteiger partial charge is 0.261 e. The first-order valence-electron chi connectivity index (χ1n) is 9.60. The van der Waals surface area contributed by atoms with Crippen molar-refractivity contribution in [2.24, 2.45) is 0 Å². The van der Waals surface area contributed by atoms with Crippen LogP contribution in [0.4, 0.5) is 15.8 Å². The molecule has 1 aliphatic heterocycles. The SMILES string of the molecule is CC1(C)CC(c2cccc(NS(=O)(=O)c3cccc(F)c3)c2)Nc2c(Cl)cccc21. The first kappa shape index (κ1) is 20.7. The van der Waals surface area contributed by atoms with E-state index < -0.39 is 15.8 Å². The van der Waals surface area contributed by atoms with Gasteiger partial charge in [-0.1, -0.05) is 55.8 Å². The molecule has 2 N–H and O–H groups in total. The molecule has 0 bridgehead atoms. The summed E-state index contributed by atoms with van der Waals surface area (Å²) in [4.78, 5) is -0.120. The number of benzene rings is 3. The van der Waals surface area contributed by atoms with E-state index >= 15 is 0 Å². The summed E-state index contributed by atoms with van der Waals surface area (Å²) in [6.45, 7) is 4.35. The highest BCUT2D eigenvalue weighted by Gasteiger charge is 2.34. The molecule has 3 aromatic rings. The Hall–Kier alpha value is -2.57. The van der Waals surface area contributed by atoms with Crippen molar-refractivity contribution < 1.29 is 12.8 Å². The number of hydrogen-bond donors (Lipinski definition) is 2. The zero-order valence-corrected chi connectivity index (χ0v) is 18.2. The molecule has 4 rings (SSSR count). The fraction of sp³-hybridized carbons (Fsp3) is 0.217. The van der Waals surface area contributed by atoms with Gasteiger partial charge in [0.1, 0.15) is 5.82 Å². The Morgan fingerprint density at radius 2 is 1.80 bits per heavy atom. The van der Waals surface area contributed by atoms with E-state index in [0.29, 0.717) is 10.7 Å². The van der Waals surface area contributed by atoms with Crippen LogP contribution >= 0.6 is 11.6 Å². The van der Waals surface area contributed by atoms with Crippen molar-refractivity contribution in [3.8, 4) is 0 Å². The summed E-state index contributed by atoms with van der Waals surface area (Å²) in [6.07, 6.45) is 0.820. The van der Waals surface area contributed by atoms with Gasteiger partial charge in [-0.25, -0.2) is 12.8 Å². The van der Waals surface area contributed by atoms with E-state index in [9.17, 15) is 12.8 Å². The first-order chi connectivity index (χ1) is 14.2. The standard InChI is InChI=1S/C23H22ClFN2O2S/c1-23(2)14-21(26-22-19(23)10-5-11-20(22)24)15-6-3-8-17(12-15)27-30(28,29)18-9-4-7-16(25)13-18/h3-13,21,26-27H,14H2,1-2H3. The molecule has 0 amide bonds. The van der Waals surface area contributed by atoms with Gasteiger partial charge in [0, 0.05) is 5.69 Å². The monoisotopic (exact) mass is 444 g/mol. The van der Waals surface area contributed by atoms with Gasteiger partial charge in [0.05, 0.1) is 21.6 Å². The van der Waals surface area contributed by atoms with E-state index in [1.165, 1.54) is 18.2 Å². The topological polar surface area (TPSA) is 58.2 Å². The lowest BCUT2D eigenvalue weighted by atomic mass is 9.74. The van der Waals surface area contributed by atoms with Crippen molar-refractivity contribution >= 4 is 33.0 Å². The van der Waals surface area contributed by atoms with E-state index in [4.69, 9.17) is 11.6 Å². The molecule has 30 heavy (non-hydrogen) atoms. The minimum atomic E-state index is -3.89. The van der Waals surface area contributed by atoms with Gasteiger partial charge in [0.15, 0.2) is 0 Å². The Balaban J connectivity index is 1.64. The Labute approximate surface area is 181 Å². The Bertz CT molecular complexity index is 1210. The minimum Gasteiger partial charge on any atom is -0.377 e. The van der Waals surface area contributed by atoms with Crippen molar-refractivity contribution in [2.45, 2.75) is 36.6 Å². The van der Waals surface area contributed by atoms with Crippen molar-refractivity contribution in [3.05, 3.63) is 88.7 Å². The van der Waals surface area contributed by atoms with Gasteiger partial charge in [-0.05, 0) is 59.4 Å². The van der Waals surface area contributed by atoms with Gasteiger partial charge in [0.25, 0.3) is 10.0 Å². The van der Waals surface area contributed by atoms with Gasteiger partial charge in [-0.15, -0.1) is 0 Å². The number of halogens is 2. The third-order valence-electron chi connectivity index (χ3n) is 5.42. The van der Waals surface area contributed by atoms with E-state index in [2.05, 4.69) is 30.0 Å². The van der Waals surface area contributed by atoms with Crippen LogP contribution in [-0.2, 0) is 15.4 Å². The molecule has 1 heterocycles. The lowest BCUT2D eigenvalue weighted by Crippen LogP contribution is -2.31. The first-order valence-corrected chi connectivity index (χ1v) is 11.5. The second kappa shape index (κ2) is 7.60. The van der Waals surface area contributed by atoms with Crippen molar-refractivity contribution in [1.29, 1.82) is 0 Å². The van der Waals surface area contributed by atoms with E-state index in [1.54, 1.807) is 18.2 Å². The normalized spacial score (nSPS) is 17.7. The van der Waals surface area contributed by atoms with Gasteiger partial charge in [-0.3, -0.25) is 4.72 Å². The predicted molar refractivity (Wildman–Crippen MR) is 119 cm³/mol. The lowest BCUT2D eigenvalue weighted by molar-refractivity contribution is 0.427. The second-order valence-electron chi connectivity index (χ2n) is 8.14. The number of sulfonamides is 1. The number of para-hydroxylation sites is 1.